The molecule has 0 radical (unpaired) electrons. The standard InChI is InChI=1S/C15H23NO/c1-15(2,3)13-8-12-10-16(4)7-6-11(12)9-14(13)17-5/h8-9H,6-7,10H2,1-5H3. The number of methoxy groups -OCH3 is 1. The number of hydrogen-bond acceptors (Lipinski definition) is 2. The average molecular weight is 233 g/mol. The maximum atomic E-state index is 5.55. The first-order chi connectivity index (χ1) is 7.91. The molecule has 0 fully saturated rings. The second-order valence-electron chi connectivity index (χ2n) is 6.06. The van der Waals surface area contributed by atoms with E-state index in [0.29, 0.717) is 0 Å². The summed E-state index contributed by atoms with van der Waals surface area (Å²) in [6.07, 6.45) is 1.13. The predicted molar refractivity (Wildman–Crippen MR) is 71.7 cm³/mol. The third kappa shape index (κ3) is 2.47. The van der Waals surface area contributed by atoms with Gasteiger partial charge < -0.3 is 9.64 Å². The van der Waals surface area contributed by atoms with E-state index in [1.54, 1.807) is 7.11 Å². The molecule has 0 unspecified atom stereocenters. The summed E-state index contributed by atoms with van der Waals surface area (Å²) in [6, 6.07) is 4.58. The molecule has 2 rings (SSSR count). The van der Waals surface area contributed by atoms with Crippen molar-refractivity contribution >= 4 is 0 Å². The Bertz CT molecular complexity index is 418. The van der Waals surface area contributed by atoms with Crippen molar-refractivity contribution in [2.24, 2.45) is 0 Å². The molecule has 0 saturated heterocycles. The van der Waals surface area contributed by atoms with E-state index in [0.717, 1.165) is 25.3 Å². The van der Waals surface area contributed by atoms with E-state index in [-0.39, 0.29) is 5.41 Å². The normalized spacial score (nSPS) is 16.8. The molecule has 0 aromatic heterocycles. The van der Waals surface area contributed by atoms with Crippen LogP contribution in [0.25, 0.3) is 0 Å². The molecule has 17 heavy (non-hydrogen) atoms. The quantitative estimate of drug-likeness (QED) is 0.739. The van der Waals surface area contributed by atoms with Gasteiger partial charge in [-0.15, -0.1) is 0 Å². The molecule has 94 valence electrons. The fraction of sp³-hybridized carbons (Fsp3) is 0.600. The highest BCUT2D eigenvalue weighted by molar-refractivity contribution is 5.46. The number of ether oxygens (including phenoxy) is 1. The van der Waals surface area contributed by atoms with Gasteiger partial charge in [-0.3, -0.25) is 0 Å². The van der Waals surface area contributed by atoms with Crippen LogP contribution in [-0.2, 0) is 18.4 Å². The second-order valence-corrected chi connectivity index (χ2v) is 6.06. The van der Waals surface area contributed by atoms with E-state index < -0.39 is 0 Å². The molecule has 0 saturated carbocycles. The SMILES string of the molecule is COc1cc2c(cc1C(C)(C)C)CN(C)CC2. The van der Waals surface area contributed by atoms with Crippen LogP contribution in [0.5, 0.6) is 5.75 Å². The van der Waals surface area contributed by atoms with E-state index in [4.69, 9.17) is 4.74 Å². The molecular weight excluding hydrogens is 210 g/mol. The molecule has 0 atom stereocenters. The van der Waals surface area contributed by atoms with Gasteiger partial charge in [-0.1, -0.05) is 26.8 Å². The molecule has 2 nitrogen and oxygen atoms in total. The Kier molecular flexibility index (Phi) is 3.17. The number of rotatable bonds is 1. The minimum atomic E-state index is 0.135. The maximum absolute atomic E-state index is 5.55. The monoisotopic (exact) mass is 233 g/mol. The van der Waals surface area contributed by atoms with Gasteiger partial charge in [0.05, 0.1) is 7.11 Å². The minimum absolute atomic E-state index is 0.135. The van der Waals surface area contributed by atoms with E-state index in [2.05, 4.69) is 44.9 Å². The van der Waals surface area contributed by atoms with Gasteiger partial charge in [-0.05, 0) is 41.6 Å². The van der Waals surface area contributed by atoms with Gasteiger partial charge in [0.15, 0.2) is 0 Å². The fourth-order valence-corrected chi connectivity index (χ4v) is 2.48. The van der Waals surface area contributed by atoms with Crippen molar-refractivity contribution in [3.05, 3.63) is 28.8 Å². The summed E-state index contributed by atoms with van der Waals surface area (Å²) in [6.45, 7) is 8.92. The summed E-state index contributed by atoms with van der Waals surface area (Å²) in [4.78, 5) is 2.38. The van der Waals surface area contributed by atoms with Gasteiger partial charge in [0.2, 0.25) is 0 Å². The van der Waals surface area contributed by atoms with Crippen molar-refractivity contribution < 1.29 is 4.74 Å². The first kappa shape index (κ1) is 12.4. The lowest BCUT2D eigenvalue weighted by Gasteiger charge is -2.29. The summed E-state index contributed by atoms with van der Waals surface area (Å²) in [5.41, 5.74) is 4.36. The van der Waals surface area contributed by atoms with Crippen LogP contribution in [0.1, 0.15) is 37.5 Å². The number of fused-ring (bicyclic) bond motifs is 1. The topological polar surface area (TPSA) is 12.5 Å². The smallest absolute Gasteiger partial charge is 0.122 e. The predicted octanol–water partition coefficient (Wildman–Crippen LogP) is 2.98. The highest BCUT2D eigenvalue weighted by Gasteiger charge is 2.23. The van der Waals surface area contributed by atoms with Gasteiger partial charge in [0, 0.05) is 13.1 Å². The Hall–Kier alpha value is -1.02. The van der Waals surface area contributed by atoms with E-state index in [1.165, 1.54) is 16.7 Å². The summed E-state index contributed by atoms with van der Waals surface area (Å²) in [5, 5.41) is 0. The third-order valence-electron chi connectivity index (χ3n) is 3.53. The molecule has 0 amide bonds. The van der Waals surface area contributed by atoms with Crippen LogP contribution < -0.4 is 4.74 Å². The van der Waals surface area contributed by atoms with Crippen LogP contribution in [0.3, 0.4) is 0 Å². The van der Waals surface area contributed by atoms with Crippen molar-refractivity contribution in [3.8, 4) is 5.75 Å². The zero-order valence-corrected chi connectivity index (χ0v) is 11.6. The highest BCUT2D eigenvalue weighted by atomic mass is 16.5. The molecule has 0 aliphatic carbocycles. The van der Waals surface area contributed by atoms with Crippen molar-refractivity contribution in [2.75, 3.05) is 20.7 Å². The first-order valence-electron chi connectivity index (χ1n) is 6.30. The van der Waals surface area contributed by atoms with Crippen molar-refractivity contribution in [3.63, 3.8) is 0 Å². The van der Waals surface area contributed by atoms with Crippen LogP contribution in [0, 0.1) is 0 Å². The van der Waals surface area contributed by atoms with Crippen molar-refractivity contribution in [1.29, 1.82) is 0 Å². The Morgan fingerprint density at radius 3 is 2.47 bits per heavy atom. The van der Waals surface area contributed by atoms with Crippen LogP contribution in [0.4, 0.5) is 0 Å². The average Bonchev–Trinajstić information content (AvgIpc) is 2.26. The fourth-order valence-electron chi connectivity index (χ4n) is 2.48. The third-order valence-corrected chi connectivity index (χ3v) is 3.53. The first-order valence-corrected chi connectivity index (χ1v) is 6.30. The number of benzene rings is 1. The molecule has 0 N–H and O–H groups in total. The van der Waals surface area contributed by atoms with Crippen LogP contribution in [-0.4, -0.2) is 25.6 Å². The highest BCUT2D eigenvalue weighted by Crippen LogP contribution is 2.35. The van der Waals surface area contributed by atoms with Crippen LogP contribution >= 0.6 is 0 Å². The summed E-state index contributed by atoms with van der Waals surface area (Å²) in [7, 11) is 3.95. The Labute approximate surface area is 105 Å². The van der Waals surface area contributed by atoms with Crippen LogP contribution in [0.15, 0.2) is 12.1 Å². The maximum Gasteiger partial charge on any atom is 0.122 e. The zero-order valence-electron chi connectivity index (χ0n) is 11.6. The lowest BCUT2D eigenvalue weighted by molar-refractivity contribution is 0.311. The Morgan fingerprint density at radius 1 is 1.18 bits per heavy atom. The molecule has 0 spiro atoms. The molecule has 1 aliphatic rings. The largest absolute Gasteiger partial charge is 0.496 e. The molecule has 1 aromatic carbocycles. The van der Waals surface area contributed by atoms with Gasteiger partial charge in [-0.25, -0.2) is 0 Å². The lowest BCUT2D eigenvalue weighted by Crippen LogP contribution is -2.27. The van der Waals surface area contributed by atoms with Crippen molar-refractivity contribution in [2.45, 2.75) is 39.2 Å². The summed E-state index contributed by atoms with van der Waals surface area (Å²) < 4.78 is 5.55. The molecule has 0 bridgehead atoms. The summed E-state index contributed by atoms with van der Waals surface area (Å²) >= 11 is 0. The van der Waals surface area contributed by atoms with Gasteiger partial charge >= 0.3 is 0 Å². The molecular formula is C15H23NO. The number of likely N-dealkylation sites (N-methyl/N-ethyl adjacent to an activating group) is 1. The lowest BCUT2D eigenvalue weighted by atomic mass is 9.83. The summed E-state index contributed by atoms with van der Waals surface area (Å²) in [5.74, 6) is 1.04. The Morgan fingerprint density at radius 2 is 1.88 bits per heavy atom. The van der Waals surface area contributed by atoms with Gasteiger partial charge in [0.25, 0.3) is 0 Å². The second kappa shape index (κ2) is 4.34. The molecule has 1 aliphatic heterocycles. The van der Waals surface area contributed by atoms with Crippen LogP contribution in [0.2, 0.25) is 0 Å². The van der Waals surface area contributed by atoms with E-state index in [1.807, 2.05) is 0 Å². The van der Waals surface area contributed by atoms with Crippen molar-refractivity contribution in [1.82, 2.24) is 4.90 Å². The van der Waals surface area contributed by atoms with E-state index >= 15 is 0 Å². The number of nitrogens with zero attached hydrogens (tertiary/aromatic N) is 1. The molecule has 1 heterocycles. The molecule has 1 aromatic rings. The van der Waals surface area contributed by atoms with Gasteiger partial charge in [0.1, 0.15) is 5.75 Å². The number of hydrogen-bond donors (Lipinski definition) is 0. The molecule has 2 heteroatoms. The zero-order chi connectivity index (χ0) is 12.6. The van der Waals surface area contributed by atoms with E-state index in [9.17, 15) is 0 Å². The van der Waals surface area contributed by atoms with Gasteiger partial charge in [-0.2, -0.15) is 0 Å². The minimum Gasteiger partial charge on any atom is -0.496 e. The Balaban J connectivity index is 2.50.